The topological polar surface area (TPSA) is 69.0 Å². The molecule has 1 atom stereocenters. The van der Waals surface area contributed by atoms with Gasteiger partial charge in [0.2, 0.25) is 0 Å². The first-order valence-corrected chi connectivity index (χ1v) is 7.48. The van der Waals surface area contributed by atoms with Gasteiger partial charge in [0, 0.05) is 24.2 Å². The molecular weight excluding hydrogens is 276 g/mol. The van der Waals surface area contributed by atoms with Crippen molar-refractivity contribution in [1.29, 1.82) is 0 Å². The lowest BCUT2D eigenvalue weighted by Crippen LogP contribution is -2.26. The number of nitrogens with zero attached hydrogens (tertiary/aromatic N) is 3. The minimum atomic E-state index is -0.0423. The predicted octanol–water partition coefficient (Wildman–Crippen LogP) is 1.62. The van der Waals surface area contributed by atoms with Crippen LogP contribution in [0.15, 0.2) is 24.5 Å². The zero-order chi connectivity index (χ0) is 13.8. The average Bonchev–Trinajstić information content (AvgIpc) is 3.20. The Morgan fingerprint density at radius 2 is 2.50 bits per heavy atom. The number of hydrogen-bond acceptors (Lipinski definition) is 5. The molecule has 1 N–H and O–H groups in total. The largest absolute Gasteiger partial charge is 0.373 e. The average molecular weight is 292 g/mol. The van der Waals surface area contributed by atoms with E-state index in [1.807, 2.05) is 12.1 Å². The highest BCUT2D eigenvalue weighted by Gasteiger charge is 2.20. The Labute approximate surface area is 120 Å². The molecule has 1 unspecified atom stereocenters. The fourth-order valence-electron chi connectivity index (χ4n) is 2.17. The van der Waals surface area contributed by atoms with Crippen LogP contribution in [-0.4, -0.2) is 34.1 Å². The van der Waals surface area contributed by atoms with E-state index in [-0.39, 0.29) is 12.0 Å². The van der Waals surface area contributed by atoms with E-state index >= 15 is 0 Å². The van der Waals surface area contributed by atoms with Gasteiger partial charge < -0.3 is 10.1 Å². The number of amides is 1. The minimum absolute atomic E-state index is 0.0423. The highest BCUT2D eigenvalue weighted by molar-refractivity contribution is 7.14. The molecule has 2 aromatic rings. The van der Waals surface area contributed by atoms with E-state index in [4.69, 9.17) is 4.74 Å². The molecule has 0 aliphatic carbocycles. The van der Waals surface area contributed by atoms with Gasteiger partial charge >= 0.3 is 0 Å². The monoisotopic (exact) mass is 292 g/mol. The van der Waals surface area contributed by atoms with Crippen molar-refractivity contribution in [2.45, 2.75) is 25.5 Å². The first-order chi connectivity index (χ1) is 9.83. The number of aromatic nitrogens is 3. The van der Waals surface area contributed by atoms with Crippen LogP contribution in [0.5, 0.6) is 0 Å². The van der Waals surface area contributed by atoms with Crippen molar-refractivity contribution >= 4 is 17.2 Å². The Hall–Kier alpha value is -1.73. The molecule has 6 nitrogen and oxygen atoms in total. The van der Waals surface area contributed by atoms with Gasteiger partial charge in [0.25, 0.3) is 5.91 Å². The molecule has 0 radical (unpaired) electrons. The van der Waals surface area contributed by atoms with Crippen molar-refractivity contribution < 1.29 is 9.53 Å². The Balaban J connectivity index is 1.51. The van der Waals surface area contributed by atoms with Gasteiger partial charge in [-0.25, -0.2) is 0 Å². The van der Waals surface area contributed by atoms with E-state index in [1.54, 1.807) is 17.1 Å². The summed E-state index contributed by atoms with van der Waals surface area (Å²) in [6, 6.07) is 3.86. The molecule has 106 valence electrons. The van der Waals surface area contributed by atoms with Crippen LogP contribution in [0.4, 0.5) is 0 Å². The number of hydrogen-bond donors (Lipinski definition) is 1. The van der Waals surface area contributed by atoms with E-state index in [9.17, 15) is 4.79 Å². The molecule has 20 heavy (non-hydrogen) atoms. The summed E-state index contributed by atoms with van der Waals surface area (Å²) in [5.74, 6) is -0.0423. The van der Waals surface area contributed by atoms with E-state index in [0.717, 1.165) is 29.2 Å². The number of rotatable bonds is 5. The lowest BCUT2D eigenvalue weighted by Gasteiger charge is -2.05. The zero-order valence-corrected chi connectivity index (χ0v) is 11.8. The summed E-state index contributed by atoms with van der Waals surface area (Å²) in [6.07, 6.45) is 5.72. The highest BCUT2D eigenvalue weighted by Crippen LogP contribution is 2.33. The van der Waals surface area contributed by atoms with Crippen LogP contribution < -0.4 is 5.32 Å². The molecule has 7 heteroatoms. The Morgan fingerprint density at radius 3 is 3.25 bits per heavy atom. The summed E-state index contributed by atoms with van der Waals surface area (Å²) in [7, 11) is 0. The van der Waals surface area contributed by atoms with Gasteiger partial charge in [0.15, 0.2) is 0 Å². The summed E-state index contributed by atoms with van der Waals surface area (Å²) in [5, 5.41) is 10.4. The maximum atomic E-state index is 12.0. The van der Waals surface area contributed by atoms with Crippen molar-refractivity contribution in [2.75, 3.05) is 13.2 Å². The number of thiophene rings is 1. The van der Waals surface area contributed by atoms with Crippen LogP contribution in [0.25, 0.3) is 0 Å². The second-order valence-electron chi connectivity index (χ2n) is 4.63. The number of ether oxygens (including phenoxy) is 1. The summed E-state index contributed by atoms with van der Waals surface area (Å²) < 4.78 is 7.31. The summed E-state index contributed by atoms with van der Waals surface area (Å²) in [5.41, 5.74) is 0. The van der Waals surface area contributed by atoms with Gasteiger partial charge in [-0.1, -0.05) is 5.21 Å². The lowest BCUT2D eigenvalue weighted by molar-refractivity contribution is 0.0956. The van der Waals surface area contributed by atoms with Crippen LogP contribution in [0.1, 0.15) is 33.5 Å². The fourth-order valence-corrected chi connectivity index (χ4v) is 3.18. The normalized spacial score (nSPS) is 18.3. The number of carbonyl (C=O) groups excluding carboxylic acids is 1. The molecule has 3 rings (SSSR count). The summed E-state index contributed by atoms with van der Waals surface area (Å²) >= 11 is 1.51. The van der Waals surface area contributed by atoms with Gasteiger partial charge in [-0.3, -0.25) is 9.48 Å². The SMILES string of the molecule is O=C(NCCn1ccnn1)c1ccc(C2CCCO2)s1. The molecule has 0 spiro atoms. The van der Waals surface area contributed by atoms with Crippen molar-refractivity contribution in [2.24, 2.45) is 0 Å². The molecule has 1 fully saturated rings. The van der Waals surface area contributed by atoms with Gasteiger partial charge in [-0.2, -0.15) is 0 Å². The van der Waals surface area contributed by atoms with Crippen LogP contribution in [-0.2, 0) is 11.3 Å². The van der Waals surface area contributed by atoms with Crippen molar-refractivity contribution in [3.63, 3.8) is 0 Å². The van der Waals surface area contributed by atoms with Gasteiger partial charge in [0.05, 0.1) is 23.7 Å². The maximum Gasteiger partial charge on any atom is 0.261 e. The fraction of sp³-hybridized carbons (Fsp3) is 0.462. The molecule has 1 amide bonds. The first-order valence-electron chi connectivity index (χ1n) is 6.66. The zero-order valence-electron chi connectivity index (χ0n) is 11.0. The minimum Gasteiger partial charge on any atom is -0.373 e. The highest BCUT2D eigenvalue weighted by atomic mass is 32.1. The molecule has 2 aromatic heterocycles. The number of carbonyl (C=O) groups is 1. The Morgan fingerprint density at radius 1 is 1.55 bits per heavy atom. The third-order valence-electron chi connectivity index (χ3n) is 3.20. The van der Waals surface area contributed by atoms with Gasteiger partial charge in [0.1, 0.15) is 0 Å². The lowest BCUT2D eigenvalue weighted by atomic mass is 10.2. The maximum absolute atomic E-state index is 12.0. The smallest absolute Gasteiger partial charge is 0.261 e. The molecule has 1 saturated heterocycles. The molecular formula is C13H16N4O2S. The molecule has 0 aromatic carbocycles. The van der Waals surface area contributed by atoms with Gasteiger partial charge in [-0.05, 0) is 25.0 Å². The van der Waals surface area contributed by atoms with Crippen molar-refractivity contribution in [3.8, 4) is 0 Å². The standard InChI is InChI=1S/C13H16N4O2S/c18-13(14-5-7-17-8-6-15-16-17)12-4-3-11(20-12)10-2-1-9-19-10/h3-4,6,8,10H,1-2,5,7,9H2,(H,14,18). The van der Waals surface area contributed by atoms with Crippen molar-refractivity contribution in [3.05, 3.63) is 34.3 Å². The predicted molar refractivity (Wildman–Crippen MR) is 74.6 cm³/mol. The second kappa shape index (κ2) is 6.15. The van der Waals surface area contributed by atoms with E-state index in [0.29, 0.717) is 13.1 Å². The first kappa shape index (κ1) is 13.3. The second-order valence-corrected chi connectivity index (χ2v) is 5.74. The molecule has 0 saturated carbocycles. The molecule has 1 aliphatic heterocycles. The van der Waals surface area contributed by atoms with Crippen LogP contribution in [0.2, 0.25) is 0 Å². The molecule has 1 aliphatic rings. The van der Waals surface area contributed by atoms with E-state index in [2.05, 4.69) is 15.6 Å². The van der Waals surface area contributed by atoms with E-state index < -0.39 is 0 Å². The Bertz CT molecular complexity index is 561. The van der Waals surface area contributed by atoms with Gasteiger partial charge in [-0.15, -0.1) is 16.4 Å². The quantitative estimate of drug-likeness (QED) is 0.909. The van der Waals surface area contributed by atoms with Crippen LogP contribution in [0, 0.1) is 0 Å². The third-order valence-corrected chi connectivity index (χ3v) is 4.37. The summed E-state index contributed by atoms with van der Waals surface area (Å²) in [4.78, 5) is 13.9. The molecule has 3 heterocycles. The van der Waals surface area contributed by atoms with Crippen LogP contribution >= 0.6 is 11.3 Å². The van der Waals surface area contributed by atoms with Crippen molar-refractivity contribution in [1.82, 2.24) is 20.3 Å². The van der Waals surface area contributed by atoms with Crippen LogP contribution in [0.3, 0.4) is 0 Å². The molecule has 0 bridgehead atoms. The third kappa shape index (κ3) is 3.05. The Kier molecular flexibility index (Phi) is 4.08. The van der Waals surface area contributed by atoms with E-state index in [1.165, 1.54) is 11.3 Å². The summed E-state index contributed by atoms with van der Waals surface area (Å²) in [6.45, 7) is 1.98. The number of nitrogens with one attached hydrogen (secondary N) is 1.